The Hall–Kier alpha value is -2.02. The second-order valence-corrected chi connectivity index (χ2v) is 5.14. The lowest BCUT2D eigenvalue weighted by atomic mass is 9.76. The molecule has 0 saturated carbocycles. The van der Waals surface area contributed by atoms with Gasteiger partial charge in [0.15, 0.2) is 0 Å². The van der Waals surface area contributed by atoms with Gasteiger partial charge in [0, 0.05) is 5.92 Å². The van der Waals surface area contributed by atoms with E-state index in [1.807, 2.05) is 0 Å². The van der Waals surface area contributed by atoms with Crippen LogP contribution in [0.1, 0.15) is 35.8 Å². The molecule has 1 aliphatic carbocycles. The Balaban J connectivity index is 1.95. The molecule has 3 rings (SSSR count). The summed E-state index contributed by atoms with van der Waals surface area (Å²) in [5.74, 6) is 1.29. The number of hydrogen-bond donors (Lipinski definition) is 1. The Labute approximate surface area is 114 Å². The van der Waals surface area contributed by atoms with Crippen LogP contribution in [0.3, 0.4) is 0 Å². The molecule has 1 nitrogen and oxygen atoms in total. The summed E-state index contributed by atoms with van der Waals surface area (Å²) in [5.41, 5.74) is 2.69. The first-order valence-corrected chi connectivity index (χ1v) is 6.85. The predicted molar refractivity (Wildman–Crippen MR) is 78.4 cm³/mol. The largest absolute Gasteiger partial charge is 0.508 e. The van der Waals surface area contributed by atoms with Crippen molar-refractivity contribution in [3.8, 4) is 5.75 Å². The summed E-state index contributed by atoms with van der Waals surface area (Å²) < 4.78 is 0. The van der Waals surface area contributed by atoms with Gasteiger partial charge in [-0.05, 0) is 42.0 Å². The number of allylic oxidation sites excluding steroid dienone is 2. The summed E-state index contributed by atoms with van der Waals surface area (Å²) in [7, 11) is 0. The molecule has 2 aromatic rings. The number of benzene rings is 2. The van der Waals surface area contributed by atoms with Gasteiger partial charge in [0.1, 0.15) is 5.75 Å². The van der Waals surface area contributed by atoms with E-state index in [0.717, 1.165) is 6.42 Å². The first-order valence-electron chi connectivity index (χ1n) is 6.85. The fourth-order valence-corrected chi connectivity index (χ4v) is 2.95. The van der Waals surface area contributed by atoms with Crippen molar-refractivity contribution < 1.29 is 5.11 Å². The zero-order chi connectivity index (χ0) is 13.1. The van der Waals surface area contributed by atoms with Crippen LogP contribution in [0.4, 0.5) is 0 Å². The van der Waals surface area contributed by atoms with Gasteiger partial charge >= 0.3 is 0 Å². The summed E-state index contributed by atoms with van der Waals surface area (Å²) >= 11 is 0. The van der Waals surface area contributed by atoms with Crippen molar-refractivity contribution in [1.82, 2.24) is 0 Å². The zero-order valence-corrected chi connectivity index (χ0v) is 10.9. The highest BCUT2D eigenvalue weighted by atomic mass is 16.3. The summed E-state index contributed by atoms with van der Waals surface area (Å²) in [6.45, 7) is 0. The van der Waals surface area contributed by atoms with Crippen molar-refractivity contribution in [2.75, 3.05) is 0 Å². The average Bonchev–Trinajstić information content (AvgIpc) is 2.49. The van der Waals surface area contributed by atoms with Crippen molar-refractivity contribution in [3.05, 3.63) is 77.9 Å². The van der Waals surface area contributed by atoms with E-state index in [1.165, 1.54) is 17.5 Å². The van der Waals surface area contributed by atoms with Gasteiger partial charge in [-0.15, -0.1) is 0 Å². The zero-order valence-electron chi connectivity index (χ0n) is 10.9. The predicted octanol–water partition coefficient (Wildman–Crippen LogP) is 4.61. The molecule has 1 aliphatic rings. The van der Waals surface area contributed by atoms with Crippen LogP contribution in [-0.2, 0) is 0 Å². The molecule has 0 fully saturated rings. The number of phenolic OH excluding ortho intramolecular Hbond substituents is 1. The van der Waals surface area contributed by atoms with Gasteiger partial charge in [0.25, 0.3) is 0 Å². The molecule has 0 radical (unpaired) electrons. The van der Waals surface area contributed by atoms with E-state index in [2.05, 4.69) is 54.6 Å². The van der Waals surface area contributed by atoms with Crippen molar-refractivity contribution in [1.29, 1.82) is 0 Å². The molecule has 1 N–H and O–H groups in total. The minimum absolute atomic E-state index is 0.339. The van der Waals surface area contributed by atoms with Gasteiger partial charge in [-0.3, -0.25) is 0 Å². The average molecular weight is 250 g/mol. The minimum atomic E-state index is 0.339. The van der Waals surface area contributed by atoms with E-state index in [0.29, 0.717) is 17.6 Å². The fraction of sp³-hybridized carbons (Fsp3) is 0.222. The van der Waals surface area contributed by atoms with Crippen LogP contribution in [0.5, 0.6) is 5.75 Å². The van der Waals surface area contributed by atoms with Gasteiger partial charge in [0.2, 0.25) is 0 Å². The lowest BCUT2D eigenvalue weighted by Crippen LogP contribution is -2.12. The molecule has 2 aromatic carbocycles. The Morgan fingerprint density at radius 3 is 2.32 bits per heavy atom. The molecule has 2 unspecified atom stereocenters. The van der Waals surface area contributed by atoms with Gasteiger partial charge in [0.05, 0.1) is 0 Å². The third-order valence-electron chi connectivity index (χ3n) is 3.93. The summed E-state index contributed by atoms with van der Waals surface area (Å²) in [6, 6.07) is 18.3. The van der Waals surface area contributed by atoms with Crippen LogP contribution in [0.25, 0.3) is 0 Å². The lowest BCUT2D eigenvalue weighted by Gasteiger charge is -2.28. The maximum absolute atomic E-state index is 9.42. The van der Waals surface area contributed by atoms with Crippen molar-refractivity contribution in [2.24, 2.45) is 0 Å². The number of aromatic hydroxyl groups is 1. The molecular weight excluding hydrogens is 232 g/mol. The Kier molecular flexibility index (Phi) is 3.37. The molecule has 0 aliphatic heterocycles. The van der Waals surface area contributed by atoms with E-state index in [1.54, 1.807) is 12.1 Å². The maximum atomic E-state index is 9.42. The molecule has 2 atom stereocenters. The Morgan fingerprint density at radius 1 is 0.842 bits per heavy atom. The highest BCUT2D eigenvalue weighted by molar-refractivity contribution is 5.35. The molecule has 0 aromatic heterocycles. The summed E-state index contributed by atoms with van der Waals surface area (Å²) in [5, 5.41) is 9.42. The maximum Gasteiger partial charge on any atom is 0.115 e. The van der Waals surface area contributed by atoms with Crippen molar-refractivity contribution >= 4 is 0 Å². The van der Waals surface area contributed by atoms with Crippen molar-refractivity contribution in [3.63, 3.8) is 0 Å². The Morgan fingerprint density at radius 2 is 1.58 bits per heavy atom. The fourth-order valence-electron chi connectivity index (χ4n) is 2.95. The normalized spacial score (nSPS) is 22.3. The van der Waals surface area contributed by atoms with E-state index < -0.39 is 0 Å². The molecule has 19 heavy (non-hydrogen) atoms. The minimum Gasteiger partial charge on any atom is -0.508 e. The Bertz CT molecular complexity index is 554. The SMILES string of the molecule is Oc1ccc(C2CCC=CC2c2ccccc2)cc1. The third-order valence-corrected chi connectivity index (χ3v) is 3.93. The smallest absolute Gasteiger partial charge is 0.115 e. The lowest BCUT2D eigenvalue weighted by molar-refractivity contribution is 0.474. The van der Waals surface area contributed by atoms with Gasteiger partial charge < -0.3 is 5.11 Å². The second kappa shape index (κ2) is 5.31. The van der Waals surface area contributed by atoms with Gasteiger partial charge in [-0.2, -0.15) is 0 Å². The molecule has 96 valence electrons. The van der Waals surface area contributed by atoms with Crippen LogP contribution in [0, 0.1) is 0 Å². The third kappa shape index (κ3) is 2.55. The van der Waals surface area contributed by atoms with E-state index in [4.69, 9.17) is 0 Å². The molecule has 0 spiro atoms. The topological polar surface area (TPSA) is 20.2 Å². The van der Waals surface area contributed by atoms with E-state index in [-0.39, 0.29) is 0 Å². The number of rotatable bonds is 2. The molecule has 0 amide bonds. The first kappa shape index (κ1) is 12.0. The highest BCUT2D eigenvalue weighted by Crippen LogP contribution is 2.40. The quantitative estimate of drug-likeness (QED) is 0.772. The summed E-state index contributed by atoms with van der Waals surface area (Å²) in [6.07, 6.45) is 6.92. The standard InChI is InChI=1S/C18H18O/c19-16-12-10-15(11-13-16)18-9-5-4-8-17(18)14-6-2-1-3-7-14/h1-4,6-8,10-13,17-19H,5,9H2. The van der Waals surface area contributed by atoms with E-state index >= 15 is 0 Å². The molecular formula is C18H18O. The second-order valence-electron chi connectivity index (χ2n) is 5.14. The van der Waals surface area contributed by atoms with Crippen LogP contribution in [0.2, 0.25) is 0 Å². The van der Waals surface area contributed by atoms with Gasteiger partial charge in [-0.1, -0.05) is 54.6 Å². The van der Waals surface area contributed by atoms with Crippen LogP contribution in [-0.4, -0.2) is 5.11 Å². The molecule has 0 saturated heterocycles. The molecule has 0 heterocycles. The van der Waals surface area contributed by atoms with Gasteiger partial charge in [-0.25, -0.2) is 0 Å². The first-order chi connectivity index (χ1) is 9.34. The molecule has 1 heteroatoms. The highest BCUT2D eigenvalue weighted by Gasteiger charge is 2.24. The molecule has 0 bridgehead atoms. The van der Waals surface area contributed by atoms with Crippen LogP contribution >= 0.6 is 0 Å². The monoisotopic (exact) mass is 250 g/mol. The van der Waals surface area contributed by atoms with Crippen molar-refractivity contribution in [2.45, 2.75) is 24.7 Å². The number of hydrogen-bond acceptors (Lipinski definition) is 1. The van der Waals surface area contributed by atoms with Crippen LogP contribution < -0.4 is 0 Å². The van der Waals surface area contributed by atoms with Crippen LogP contribution in [0.15, 0.2) is 66.7 Å². The number of phenols is 1. The van der Waals surface area contributed by atoms with E-state index in [9.17, 15) is 5.11 Å². The summed E-state index contributed by atoms with van der Waals surface area (Å²) in [4.78, 5) is 0.